The maximum atomic E-state index is 4.34. The lowest BCUT2D eigenvalue weighted by atomic mass is 10.0. The van der Waals surface area contributed by atoms with Crippen LogP contribution < -0.4 is 5.32 Å². The second-order valence-corrected chi connectivity index (χ2v) is 5.59. The van der Waals surface area contributed by atoms with Crippen LogP contribution in [-0.4, -0.2) is 22.1 Å². The van der Waals surface area contributed by atoms with E-state index >= 15 is 0 Å². The zero-order valence-corrected chi connectivity index (χ0v) is 12.8. The number of hydrogen-bond donors (Lipinski definition) is 1. The Hall–Kier alpha value is -1.61. The zero-order chi connectivity index (χ0) is 14.4. The summed E-state index contributed by atoms with van der Waals surface area (Å²) in [7, 11) is 2.05. The van der Waals surface area contributed by atoms with Crippen molar-refractivity contribution < 1.29 is 0 Å². The van der Waals surface area contributed by atoms with Gasteiger partial charge in [0.15, 0.2) is 0 Å². The number of aryl methyl sites for hydroxylation is 3. The lowest BCUT2D eigenvalue weighted by molar-refractivity contribution is 0.511. The Morgan fingerprint density at radius 2 is 2.15 bits per heavy atom. The number of hydrogen-bond acceptors (Lipinski definition) is 2. The van der Waals surface area contributed by atoms with E-state index in [1.807, 2.05) is 19.4 Å². The third-order valence-corrected chi connectivity index (χ3v) is 3.71. The molecule has 1 aromatic heterocycles. The van der Waals surface area contributed by atoms with Gasteiger partial charge in [0, 0.05) is 38.4 Å². The van der Waals surface area contributed by atoms with E-state index in [4.69, 9.17) is 0 Å². The van der Waals surface area contributed by atoms with E-state index in [0.29, 0.717) is 6.04 Å². The molecule has 0 spiro atoms. The quantitative estimate of drug-likeness (QED) is 0.839. The topological polar surface area (TPSA) is 29.9 Å². The molecule has 0 radical (unpaired) electrons. The van der Waals surface area contributed by atoms with Crippen LogP contribution in [0.3, 0.4) is 0 Å². The van der Waals surface area contributed by atoms with Crippen LogP contribution in [0.1, 0.15) is 30.3 Å². The highest BCUT2D eigenvalue weighted by atomic mass is 15.0. The van der Waals surface area contributed by atoms with Crippen LogP contribution in [-0.2, 0) is 19.9 Å². The molecule has 1 heterocycles. The van der Waals surface area contributed by atoms with Crippen LogP contribution in [0, 0.1) is 6.92 Å². The Labute approximate surface area is 122 Å². The van der Waals surface area contributed by atoms with Crippen LogP contribution in [0.15, 0.2) is 36.7 Å². The summed E-state index contributed by atoms with van der Waals surface area (Å²) in [5.41, 5.74) is 2.78. The van der Waals surface area contributed by atoms with Gasteiger partial charge in [0.1, 0.15) is 5.82 Å². The summed E-state index contributed by atoms with van der Waals surface area (Å²) in [5, 5.41) is 3.58. The Morgan fingerprint density at radius 1 is 1.30 bits per heavy atom. The van der Waals surface area contributed by atoms with Crippen LogP contribution in [0.5, 0.6) is 0 Å². The summed E-state index contributed by atoms with van der Waals surface area (Å²) in [6.45, 7) is 5.39. The Kier molecular flexibility index (Phi) is 5.36. The second-order valence-electron chi connectivity index (χ2n) is 5.59. The summed E-state index contributed by atoms with van der Waals surface area (Å²) in [6, 6.07) is 9.33. The molecule has 1 N–H and O–H groups in total. The Balaban J connectivity index is 1.68. The normalized spacial score (nSPS) is 12.6. The van der Waals surface area contributed by atoms with Crippen molar-refractivity contribution in [3.63, 3.8) is 0 Å². The highest BCUT2D eigenvalue weighted by molar-refractivity contribution is 5.22. The highest BCUT2D eigenvalue weighted by Crippen LogP contribution is 2.08. The van der Waals surface area contributed by atoms with Crippen molar-refractivity contribution in [3.8, 4) is 0 Å². The molecule has 2 aromatic rings. The number of imidazole rings is 1. The highest BCUT2D eigenvalue weighted by Gasteiger charge is 2.04. The van der Waals surface area contributed by atoms with E-state index in [1.54, 1.807) is 0 Å². The van der Waals surface area contributed by atoms with Crippen molar-refractivity contribution in [3.05, 3.63) is 53.6 Å². The molecule has 0 bridgehead atoms. The van der Waals surface area contributed by atoms with Gasteiger partial charge in [0.05, 0.1) is 0 Å². The number of aromatic nitrogens is 2. The van der Waals surface area contributed by atoms with E-state index in [9.17, 15) is 0 Å². The van der Waals surface area contributed by atoms with E-state index in [2.05, 4.69) is 53.0 Å². The molecule has 0 aliphatic rings. The molecular formula is C17H25N3. The fourth-order valence-corrected chi connectivity index (χ4v) is 2.42. The average Bonchev–Trinajstić information content (AvgIpc) is 2.82. The van der Waals surface area contributed by atoms with Gasteiger partial charge in [0.25, 0.3) is 0 Å². The molecule has 108 valence electrons. The SMILES string of the molecule is Cc1cccc(CCC(C)NCCc2nccn2C)c1. The predicted octanol–water partition coefficient (Wildman–Crippen LogP) is 2.88. The van der Waals surface area contributed by atoms with Crippen molar-refractivity contribution >= 4 is 0 Å². The van der Waals surface area contributed by atoms with Crippen molar-refractivity contribution in [2.45, 2.75) is 39.2 Å². The molecule has 0 fully saturated rings. The summed E-state index contributed by atoms with van der Waals surface area (Å²) in [4.78, 5) is 4.34. The fourth-order valence-electron chi connectivity index (χ4n) is 2.42. The van der Waals surface area contributed by atoms with Crippen LogP contribution in [0.4, 0.5) is 0 Å². The number of rotatable bonds is 7. The first kappa shape index (κ1) is 14.8. The first-order valence-corrected chi connectivity index (χ1v) is 7.40. The molecule has 0 saturated carbocycles. The molecule has 1 unspecified atom stereocenters. The maximum Gasteiger partial charge on any atom is 0.109 e. The zero-order valence-electron chi connectivity index (χ0n) is 12.8. The van der Waals surface area contributed by atoms with Crippen LogP contribution in [0.2, 0.25) is 0 Å². The molecule has 0 saturated heterocycles. The van der Waals surface area contributed by atoms with Crippen molar-refractivity contribution in [1.29, 1.82) is 0 Å². The molecule has 0 aliphatic carbocycles. The van der Waals surface area contributed by atoms with Gasteiger partial charge in [0.2, 0.25) is 0 Å². The van der Waals surface area contributed by atoms with Gasteiger partial charge in [-0.15, -0.1) is 0 Å². The molecule has 2 rings (SSSR count). The Bertz CT molecular complexity index is 531. The van der Waals surface area contributed by atoms with Crippen LogP contribution >= 0.6 is 0 Å². The van der Waals surface area contributed by atoms with Crippen LogP contribution in [0.25, 0.3) is 0 Å². The van der Waals surface area contributed by atoms with Crippen molar-refractivity contribution in [2.24, 2.45) is 7.05 Å². The molecule has 20 heavy (non-hydrogen) atoms. The van der Waals surface area contributed by atoms with Gasteiger partial charge in [-0.05, 0) is 32.3 Å². The largest absolute Gasteiger partial charge is 0.338 e. The summed E-state index contributed by atoms with van der Waals surface area (Å²) < 4.78 is 2.08. The van der Waals surface area contributed by atoms with Gasteiger partial charge in [-0.3, -0.25) is 0 Å². The number of nitrogens with one attached hydrogen (secondary N) is 1. The molecular weight excluding hydrogens is 246 g/mol. The second kappa shape index (κ2) is 7.25. The molecule has 0 aliphatic heterocycles. The molecule has 0 amide bonds. The summed E-state index contributed by atoms with van der Waals surface area (Å²) in [5.74, 6) is 1.14. The van der Waals surface area contributed by atoms with Gasteiger partial charge < -0.3 is 9.88 Å². The standard InChI is InChI=1S/C17H25N3/c1-14-5-4-6-16(13-14)8-7-15(2)18-10-9-17-19-11-12-20(17)3/h4-6,11-13,15,18H,7-10H2,1-3H3. The van der Waals surface area contributed by atoms with Crippen molar-refractivity contribution in [1.82, 2.24) is 14.9 Å². The van der Waals surface area contributed by atoms with Gasteiger partial charge in [-0.1, -0.05) is 29.8 Å². The fraction of sp³-hybridized carbons (Fsp3) is 0.471. The molecule has 1 aromatic carbocycles. The molecule has 3 heteroatoms. The van der Waals surface area contributed by atoms with Gasteiger partial charge in [-0.25, -0.2) is 4.98 Å². The minimum absolute atomic E-state index is 0.538. The van der Waals surface area contributed by atoms with E-state index in [0.717, 1.165) is 25.2 Å². The predicted molar refractivity (Wildman–Crippen MR) is 83.9 cm³/mol. The molecule has 1 atom stereocenters. The number of nitrogens with zero attached hydrogens (tertiary/aromatic N) is 2. The monoisotopic (exact) mass is 271 g/mol. The average molecular weight is 271 g/mol. The van der Waals surface area contributed by atoms with Gasteiger partial charge >= 0.3 is 0 Å². The summed E-state index contributed by atoms with van der Waals surface area (Å²) >= 11 is 0. The smallest absolute Gasteiger partial charge is 0.109 e. The first-order valence-electron chi connectivity index (χ1n) is 7.40. The van der Waals surface area contributed by atoms with Crippen molar-refractivity contribution in [2.75, 3.05) is 6.54 Å². The minimum Gasteiger partial charge on any atom is -0.338 e. The third kappa shape index (κ3) is 4.49. The lowest BCUT2D eigenvalue weighted by Crippen LogP contribution is -2.29. The maximum absolute atomic E-state index is 4.34. The Morgan fingerprint density at radius 3 is 2.85 bits per heavy atom. The minimum atomic E-state index is 0.538. The van der Waals surface area contributed by atoms with E-state index < -0.39 is 0 Å². The van der Waals surface area contributed by atoms with E-state index in [1.165, 1.54) is 17.5 Å². The lowest BCUT2D eigenvalue weighted by Gasteiger charge is -2.14. The summed E-state index contributed by atoms with van der Waals surface area (Å²) in [6.07, 6.45) is 7.15. The molecule has 3 nitrogen and oxygen atoms in total. The number of benzene rings is 1. The third-order valence-electron chi connectivity index (χ3n) is 3.71. The first-order chi connectivity index (χ1) is 9.65. The van der Waals surface area contributed by atoms with E-state index in [-0.39, 0.29) is 0 Å². The van der Waals surface area contributed by atoms with Gasteiger partial charge in [-0.2, -0.15) is 0 Å².